The number of sulfonamides is 1. The van der Waals surface area contributed by atoms with Crippen LogP contribution in [-0.4, -0.2) is 39.0 Å². The van der Waals surface area contributed by atoms with Crippen LogP contribution in [0.3, 0.4) is 0 Å². The molecule has 0 amide bonds. The molecule has 2 aromatic carbocycles. The number of carbonyl (C=O) groups is 1. The predicted molar refractivity (Wildman–Crippen MR) is 114 cm³/mol. The molecule has 156 valence electrons. The molecule has 0 aromatic heterocycles. The van der Waals surface area contributed by atoms with Gasteiger partial charge in [-0.3, -0.25) is 14.4 Å². The standard InChI is InChI=1S/C21H25ClN2O4S/c1-2-28-21(25)4-3-12-24-13-11-16-5-10-20(14-17(16)15-24)29(26,27)23-19-8-6-18(22)7-9-19/h5-10,14,23H,2-4,11-13,15H2,1H3. The number of rotatable bonds is 8. The maximum Gasteiger partial charge on any atom is 0.305 e. The Kier molecular flexibility index (Phi) is 7.16. The van der Waals surface area contributed by atoms with Crippen molar-refractivity contribution in [1.29, 1.82) is 0 Å². The molecule has 1 aliphatic rings. The van der Waals surface area contributed by atoms with Crippen molar-refractivity contribution >= 4 is 33.3 Å². The molecule has 0 saturated carbocycles. The number of carbonyl (C=O) groups excluding carboxylic acids is 1. The highest BCUT2D eigenvalue weighted by molar-refractivity contribution is 7.92. The largest absolute Gasteiger partial charge is 0.466 e. The van der Waals surface area contributed by atoms with Gasteiger partial charge in [0.25, 0.3) is 10.0 Å². The van der Waals surface area contributed by atoms with E-state index >= 15 is 0 Å². The number of nitrogens with one attached hydrogen (secondary N) is 1. The molecular weight excluding hydrogens is 412 g/mol. The lowest BCUT2D eigenvalue weighted by Gasteiger charge is -2.29. The Morgan fingerprint density at radius 3 is 2.66 bits per heavy atom. The normalized spacial score (nSPS) is 14.3. The summed E-state index contributed by atoms with van der Waals surface area (Å²) in [5, 5.41) is 0.546. The minimum atomic E-state index is -3.68. The lowest BCUT2D eigenvalue weighted by atomic mass is 10.00. The summed E-state index contributed by atoms with van der Waals surface area (Å²) in [5.41, 5.74) is 2.64. The molecule has 0 atom stereocenters. The molecule has 1 N–H and O–H groups in total. The SMILES string of the molecule is CCOC(=O)CCCN1CCc2ccc(S(=O)(=O)Nc3ccc(Cl)cc3)cc2C1. The van der Waals surface area contributed by atoms with Crippen LogP contribution in [0.15, 0.2) is 47.4 Å². The van der Waals surface area contributed by atoms with Gasteiger partial charge in [-0.15, -0.1) is 0 Å². The average Bonchev–Trinajstić information content (AvgIpc) is 2.69. The number of ether oxygens (including phenoxy) is 1. The molecule has 1 heterocycles. The summed E-state index contributed by atoms with van der Waals surface area (Å²) in [4.78, 5) is 14.0. The zero-order valence-corrected chi connectivity index (χ0v) is 17.9. The van der Waals surface area contributed by atoms with E-state index in [1.165, 1.54) is 0 Å². The highest BCUT2D eigenvalue weighted by Gasteiger charge is 2.21. The minimum absolute atomic E-state index is 0.174. The number of hydrogen-bond donors (Lipinski definition) is 1. The van der Waals surface area contributed by atoms with Gasteiger partial charge >= 0.3 is 5.97 Å². The zero-order chi connectivity index (χ0) is 20.9. The van der Waals surface area contributed by atoms with Crippen LogP contribution in [0.2, 0.25) is 5.02 Å². The van der Waals surface area contributed by atoms with Crippen LogP contribution >= 0.6 is 11.6 Å². The molecule has 0 radical (unpaired) electrons. The zero-order valence-electron chi connectivity index (χ0n) is 16.4. The van der Waals surface area contributed by atoms with Crippen molar-refractivity contribution in [3.05, 3.63) is 58.6 Å². The monoisotopic (exact) mass is 436 g/mol. The third-order valence-electron chi connectivity index (χ3n) is 4.84. The van der Waals surface area contributed by atoms with E-state index in [1.807, 2.05) is 6.07 Å². The quantitative estimate of drug-likeness (QED) is 0.636. The fraction of sp³-hybridized carbons (Fsp3) is 0.381. The van der Waals surface area contributed by atoms with Gasteiger partial charge in [-0.1, -0.05) is 17.7 Å². The van der Waals surface area contributed by atoms with E-state index in [0.717, 1.165) is 37.1 Å². The number of nitrogens with zero attached hydrogens (tertiary/aromatic N) is 1. The third kappa shape index (κ3) is 5.95. The molecule has 0 unspecified atom stereocenters. The topological polar surface area (TPSA) is 75.7 Å². The maximum absolute atomic E-state index is 12.8. The molecule has 0 bridgehead atoms. The second kappa shape index (κ2) is 9.61. The molecule has 0 fully saturated rings. The van der Waals surface area contributed by atoms with Gasteiger partial charge in [-0.05, 0) is 73.8 Å². The summed E-state index contributed by atoms with van der Waals surface area (Å²) < 4.78 is 33.1. The van der Waals surface area contributed by atoms with Crippen molar-refractivity contribution in [2.45, 2.75) is 37.6 Å². The van der Waals surface area contributed by atoms with Crippen molar-refractivity contribution in [3.63, 3.8) is 0 Å². The second-order valence-electron chi connectivity index (χ2n) is 6.98. The number of esters is 1. The molecule has 0 spiro atoms. The summed E-state index contributed by atoms with van der Waals surface area (Å²) in [6.07, 6.45) is 1.99. The van der Waals surface area contributed by atoms with E-state index in [9.17, 15) is 13.2 Å². The molecule has 29 heavy (non-hydrogen) atoms. The van der Waals surface area contributed by atoms with Gasteiger partial charge in [0, 0.05) is 30.2 Å². The highest BCUT2D eigenvalue weighted by atomic mass is 35.5. The molecule has 0 aliphatic carbocycles. The van der Waals surface area contributed by atoms with Crippen LogP contribution in [0.25, 0.3) is 0 Å². The van der Waals surface area contributed by atoms with E-state index < -0.39 is 10.0 Å². The number of hydrogen-bond acceptors (Lipinski definition) is 5. The Labute approximate surface area is 176 Å². The molecule has 6 nitrogen and oxygen atoms in total. The first-order valence-corrected chi connectivity index (χ1v) is 11.5. The van der Waals surface area contributed by atoms with Crippen LogP contribution in [0.4, 0.5) is 5.69 Å². The van der Waals surface area contributed by atoms with Crippen LogP contribution in [0.1, 0.15) is 30.9 Å². The van der Waals surface area contributed by atoms with E-state index in [4.69, 9.17) is 16.3 Å². The molecule has 8 heteroatoms. The van der Waals surface area contributed by atoms with Crippen molar-refractivity contribution in [2.24, 2.45) is 0 Å². The Bertz CT molecular complexity index is 961. The Morgan fingerprint density at radius 1 is 1.17 bits per heavy atom. The Hall–Kier alpha value is -2.09. The van der Waals surface area contributed by atoms with Gasteiger partial charge in [0.15, 0.2) is 0 Å². The number of anilines is 1. The van der Waals surface area contributed by atoms with Crippen molar-refractivity contribution in [2.75, 3.05) is 24.4 Å². The van der Waals surface area contributed by atoms with Gasteiger partial charge in [-0.25, -0.2) is 8.42 Å². The van der Waals surface area contributed by atoms with Crippen molar-refractivity contribution in [1.82, 2.24) is 4.90 Å². The fourth-order valence-electron chi connectivity index (χ4n) is 3.36. The van der Waals surface area contributed by atoms with Crippen LogP contribution in [0, 0.1) is 0 Å². The molecule has 2 aromatic rings. The van der Waals surface area contributed by atoms with Crippen LogP contribution in [-0.2, 0) is 32.5 Å². The lowest BCUT2D eigenvalue weighted by molar-refractivity contribution is -0.143. The highest BCUT2D eigenvalue weighted by Crippen LogP contribution is 2.24. The second-order valence-corrected chi connectivity index (χ2v) is 9.10. The summed E-state index contributed by atoms with van der Waals surface area (Å²) in [5.74, 6) is -0.174. The van der Waals surface area contributed by atoms with Crippen molar-refractivity contribution < 1.29 is 17.9 Å². The third-order valence-corrected chi connectivity index (χ3v) is 6.47. The first-order valence-electron chi connectivity index (χ1n) is 9.65. The van der Waals surface area contributed by atoms with E-state index in [2.05, 4.69) is 9.62 Å². The van der Waals surface area contributed by atoms with Gasteiger partial charge in [0.05, 0.1) is 11.5 Å². The number of fused-ring (bicyclic) bond motifs is 1. The smallest absolute Gasteiger partial charge is 0.305 e. The van der Waals surface area contributed by atoms with E-state index in [1.54, 1.807) is 43.3 Å². The number of halogens is 1. The number of benzene rings is 2. The summed E-state index contributed by atoms with van der Waals surface area (Å²) in [7, 11) is -3.68. The van der Waals surface area contributed by atoms with Crippen LogP contribution in [0.5, 0.6) is 0 Å². The summed E-state index contributed by atoms with van der Waals surface area (Å²) in [6, 6.07) is 11.8. The van der Waals surface area contributed by atoms with Gasteiger partial charge in [0.1, 0.15) is 0 Å². The Morgan fingerprint density at radius 2 is 1.93 bits per heavy atom. The van der Waals surface area contributed by atoms with E-state index in [-0.39, 0.29) is 10.9 Å². The molecule has 1 aliphatic heterocycles. The average molecular weight is 437 g/mol. The van der Waals surface area contributed by atoms with Gasteiger partial charge in [0.2, 0.25) is 0 Å². The summed E-state index contributed by atoms with van der Waals surface area (Å²) >= 11 is 5.85. The predicted octanol–water partition coefficient (Wildman–Crippen LogP) is 3.84. The minimum Gasteiger partial charge on any atom is -0.466 e. The van der Waals surface area contributed by atoms with Gasteiger partial charge < -0.3 is 4.74 Å². The van der Waals surface area contributed by atoms with Crippen molar-refractivity contribution in [3.8, 4) is 0 Å². The summed E-state index contributed by atoms with van der Waals surface area (Å²) in [6.45, 7) is 4.54. The van der Waals surface area contributed by atoms with Gasteiger partial charge in [-0.2, -0.15) is 0 Å². The van der Waals surface area contributed by atoms with E-state index in [0.29, 0.717) is 30.3 Å². The molecular formula is C21H25ClN2O4S. The maximum atomic E-state index is 12.8. The van der Waals surface area contributed by atoms with Crippen LogP contribution < -0.4 is 4.72 Å². The first kappa shape index (κ1) is 21.6. The first-order chi connectivity index (χ1) is 13.9. The lowest BCUT2D eigenvalue weighted by Crippen LogP contribution is -2.32. The molecule has 3 rings (SSSR count). The Balaban J connectivity index is 1.65. The fourth-order valence-corrected chi connectivity index (χ4v) is 4.60. The molecule has 0 saturated heterocycles.